The lowest BCUT2D eigenvalue weighted by atomic mass is 10.1. The maximum atomic E-state index is 12.6. The molecule has 10 heteroatoms. The van der Waals surface area contributed by atoms with Crippen LogP contribution in [-0.2, 0) is 32.7 Å². The van der Waals surface area contributed by atoms with Gasteiger partial charge in [0.05, 0.1) is 13.2 Å². The Morgan fingerprint density at radius 3 is 1.38 bits per heavy atom. The van der Waals surface area contributed by atoms with Crippen molar-refractivity contribution >= 4 is 19.8 Å². The van der Waals surface area contributed by atoms with Crippen LogP contribution in [0.1, 0.15) is 213 Å². The Morgan fingerprint density at radius 2 is 0.917 bits per heavy atom. The number of ether oxygens (including phenoxy) is 2. The number of allylic oxidation sites excluding steroid dienone is 10. The molecule has 0 aromatic carbocycles. The van der Waals surface area contributed by atoms with Crippen LogP contribution < -0.4 is 5.73 Å². The molecule has 0 saturated carbocycles. The summed E-state index contributed by atoms with van der Waals surface area (Å²) in [5.41, 5.74) is 5.36. The Labute approximate surface area is 368 Å². The summed E-state index contributed by atoms with van der Waals surface area (Å²) >= 11 is 0. The van der Waals surface area contributed by atoms with E-state index in [-0.39, 0.29) is 38.6 Å². The third-order valence-corrected chi connectivity index (χ3v) is 11.1. The number of hydrogen-bond acceptors (Lipinski definition) is 8. The molecule has 2 unspecified atom stereocenters. The van der Waals surface area contributed by atoms with Gasteiger partial charge < -0.3 is 20.1 Å². The zero-order valence-electron chi connectivity index (χ0n) is 38.4. The Balaban J connectivity index is 4.11. The Kier molecular flexibility index (Phi) is 44.5. The van der Waals surface area contributed by atoms with Crippen LogP contribution in [-0.4, -0.2) is 49.3 Å². The summed E-state index contributed by atoms with van der Waals surface area (Å²) in [4.78, 5) is 35.0. The minimum absolute atomic E-state index is 0.0493. The van der Waals surface area contributed by atoms with Crippen LogP contribution >= 0.6 is 7.82 Å². The van der Waals surface area contributed by atoms with Crippen LogP contribution in [0.15, 0.2) is 60.8 Å². The lowest BCUT2D eigenvalue weighted by Gasteiger charge is -2.19. The quantitative estimate of drug-likeness (QED) is 0.0265. The molecule has 2 atom stereocenters. The van der Waals surface area contributed by atoms with Gasteiger partial charge in [-0.15, -0.1) is 0 Å². The number of unbranched alkanes of at least 4 members (excludes halogenated alkanes) is 22. The highest BCUT2D eigenvalue weighted by molar-refractivity contribution is 7.47. The maximum absolute atomic E-state index is 12.6. The van der Waals surface area contributed by atoms with Crippen molar-refractivity contribution in [3.63, 3.8) is 0 Å². The van der Waals surface area contributed by atoms with E-state index < -0.39 is 26.5 Å². The fraction of sp³-hybridized carbons (Fsp3) is 0.760. The Bertz CT molecular complexity index is 1170. The van der Waals surface area contributed by atoms with E-state index in [0.717, 1.165) is 83.5 Å². The number of carbonyl (C=O) groups excluding carboxylic acids is 2. The molecule has 0 saturated heterocycles. The molecule has 0 heterocycles. The van der Waals surface area contributed by atoms with E-state index in [1.54, 1.807) is 0 Å². The standard InChI is InChI=1S/C50H90NO8P/c1-3-5-7-9-11-13-15-17-19-21-23-24-25-27-29-31-33-35-37-39-41-43-50(53)59-48(47-58-60(54,55)57-45-44-51)46-56-49(52)42-40-38-36-34-32-30-28-26-22-20-18-16-14-12-10-8-6-4-2/h5,7,11,13,17,19-20,22-24,48H,3-4,6,8-10,12,14-16,18,21,25-47,51H2,1-2H3,(H,54,55)/b7-5-,13-11-,19-17-,22-20-,24-23-. The van der Waals surface area contributed by atoms with Crippen LogP contribution in [0.3, 0.4) is 0 Å². The van der Waals surface area contributed by atoms with Crippen molar-refractivity contribution in [1.82, 2.24) is 0 Å². The first-order chi connectivity index (χ1) is 29.3. The van der Waals surface area contributed by atoms with Gasteiger partial charge in [-0.1, -0.05) is 184 Å². The second-order valence-corrected chi connectivity index (χ2v) is 17.4. The molecule has 0 aliphatic heterocycles. The second kappa shape index (κ2) is 46.2. The maximum Gasteiger partial charge on any atom is 0.472 e. The molecule has 0 aromatic heterocycles. The molecule has 0 aromatic rings. The summed E-state index contributed by atoms with van der Waals surface area (Å²) in [7, 11) is -4.39. The number of hydrogen-bond donors (Lipinski definition) is 2. The average molecular weight is 864 g/mol. The van der Waals surface area contributed by atoms with Gasteiger partial charge in [-0.2, -0.15) is 0 Å². The van der Waals surface area contributed by atoms with Crippen molar-refractivity contribution in [1.29, 1.82) is 0 Å². The van der Waals surface area contributed by atoms with Gasteiger partial charge in [0.25, 0.3) is 0 Å². The van der Waals surface area contributed by atoms with Gasteiger partial charge in [0.15, 0.2) is 6.10 Å². The summed E-state index contributed by atoms with van der Waals surface area (Å²) in [6.45, 7) is 3.62. The number of rotatable bonds is 45. The smallest absolute Gasteiger partial charge is 0.462 e. The van der Waals surface area contributed by atoms with Gasteiger partial charge in [-0.25, -0.2) is 4.57 Å². The topological polar surface area (TPSA) is 134 Å². The first kappa shape index (κ1) is 57.7. The van der Waals surface area contributed by atoms with Gasteiger partial charge in [-0.05, 0) is 77.0 Å². The summed E-state index contributed by atoms with van der Waals surface area (Å²) in [5.74, 6) is -0.841. The first-order valence-corrected chi connectivity index (χ1v) is 25.8. The summed E-state index contributed by atoms with van der Waals surface area (Å²) < 4.78 is 32.9. The number of phosphoric acid groups is 1. The van der Waals surface area contributed by atoms with Crippen LogP contribution in [0.2, 0.25) is 0 Å². The molecule has 9 nitrogen and oxygen atoms in total. The van der Waals surface area contributed by atoms with Gasteiger partial charge in [0, 0.05) is 19.4 Å². The molecule has 0 aliphatic carbocycles. The van der Waals surface area contributed by atoms with E-state index in [4.69, 9.17) is 24.3 Å². The summed E-state index contributed by atoms with van der Waals surface area (Å²) in [6, 6.07) is 0. The molecule has 0 spiro atoms. The Morgan fingerprint density at radius 1 is 0.517 bits per heavy atom. The number of carbonyl (C=O) groups is 2. The number of phosphoric ester groups is 1. The highest BCUT2D eigenvalue weighted by Gasteiger charge is 2.26. The highest BCUT2D eigenvalue weighted by Crippen LogP contribution is 2.43. The van der Waals surface area contributed by atoms with Gasteiger partial charge in [0.2, 0.25) is 0 Å². The van der Waals surface area contributed by atoms with E-state index in [9.17, 15) is 19.0 Å². The van der Waals surface area contributed by atoms with E-state index >= 15 is 0 Å². The largest absolute Gasteiger partial charge is 0.472 e. The molecular weight excluding hydrogens is 774 g/mol. The minimum Gasteiger partial charge on any atom is -0.462 e. The molecule has 0 radical (unpaired) electrons. The Hall–Kier alpha value is -2.29. The highest BCUT2D eigenvalue weighted by atomic mass is 31.2. The summed E-state index contributed by atoms with van der Waals surface area (Å²) in [5, 5.41) is 0. The first-order valence-electron chi connectivity index (χ1n) is 24.3. The van der Waals surface area contributed by atoms with E-state index in [1.165, 1.54) is 96.3 Å². The van der Waals surface area contributed by atoms with Crippen molar-refractivity contribution in [2.45, 2.75) is 219 Å². The van der Waals surface area contributed by atoms with Gasteiger partial charge >= 0.3 is 19.8 Å². The summed E-state index contributed by atoms with van der Waals surface area (Å²) in [6.07, 6.45) is 55.3. The lowest BCUT2D eigenvalue weighted by molar-refractivity contribution is -0.161. The van der Waals surface area contributed by atoms with Crippen molar-refractivity contribution in [3.8, 4) is 0 Å². The van der Waals surface area contributed by atoms with Crippen LogP contribution in [0.25, 0.3) is 0 Å². The van der Waals surface area contributed by atoms with Crippen molar-refractivity contribution in [2.24, 2.45) is 5.73 Å². The molecule has 0 rings (SSSR count). The molecule has 0 fully saturated rings. The SMILES string of the molecule is CC/C=C\C/C=C\C/C=C\C/C=C\CCCCCCCCCCC(=O)OC(COC(=O)CCCCCCCCC/C=C\CCCCCCCCC)COP(=O)(O)OCCN. The molecule has 348 valence electrons. The fourth-order valence-electron chi connectivity index (χ4n) is 6.56. The zero-order chi connectivity index (χ0) is 43.9. The van der Waals surface area contributed by atoms with Gasteiger partial charge in [0.1, 0.15) is 6.61 Å². The average Bonchev–Trinajstić information content (AvgIpc) is 3.24. The van der Waals surface area contributed by atoms with E-state index in [2.05, 4.69) is 74.6 Å². The minimum atomic E-state index is -4.39. The molecule has 60 heavy (non-hydrogen) atoms. The third kappa shape index (κ3) is 45.2. The normalized spacial score (nSPS) is 13.7. The zero-order valence-corrected chi connectivity index (χ0v) is 39.3. The predicted octanol–water partition coefficient (Wildman–Crippen LogP) is 14.4. The monoisotopic (exact) mass is 864 g/mol. The van der Waals surface area contributed by atoms with Crippen LogP contribution in [0, 0.1) is 0 Å². The molecular formula is C50H90NO8P. The molecule has 0 bridgehead atoms. The van der Waals surface area contributed by atoms with Crippen molar-refractivity contribution in [2.75, 3.05) is 26.4 Å². The fourth-order valence-corrected chi connectivity index (χ4v) is 7.33. The van der Waals surface area contributed by atoms with Crippen LogP contribution in [0.4, 0.5) is 0 Å². The predicted molar refractivity (Wildman–Crippen MR) is 252 cm³/mol. The van der Waals surface area contributed by atoms with Gasteiger partial charge in [-0.3, -0.25) is 18.6 Å². The molecule has 3 N–H and O–H groups in total. The van der Waals surface area contributed by atoms with Crippen molar-refractivity contribution in [3.05, 3.63) is 60.8 Å². The third-order valence-electron chi connectivity index (χ3n) is 10.1. The lowest BCUT2D eigenvalue weighted by Crippen LogP contribution is -2.29. The number of esters is 2. The number of nitrogens with two attached hydrogens (primary N) is 1. The second-order valence-electron chi connectivity index (χ2n) is 15.9. The van der Waals surface area contributed by atoms with E-state index in [1.807, 2.05) is 0 Å². The van der Waals surface area contributed by atoms with Crippen molar-refractivity contribution < 1.29 is 37.6 Å². The molecule has 0 aliphatic rings. The molecule has 0 amide bonds. The van der Waals surface area contributed by atoms with Crippen LogP contribution in [0.5, 0.6) is 0 Å². The van der Waals surface area contributed by atoms with E-state index in [0.29, 0.717) is 6.42 Å².